The summed E-state index contributed by atoms with van der Waals surface area (Å²) in [5.41, 5.74) is 6.02. The van der Waals surface area contributed by atoms with Gasteiger partial charge in [0.05, 0.1) is 10.6 Å². The fraction of sp³-hybridized carbons (Fsp3) is 0.125. The molecule has 0 spiro atoms. The van der Waals surface area contributed by atoms with Crippen molar-refractivity contribution in [1.29, 1.82) is 0 Å². The lowest BCUT2D eigenvalue weighted by molar-refractivity contribution is -0.596. The Labute approximate surface area is 180 Å². The quantitative estimate of drug-likeness (QED) is 0.635. The second-order valence-electron chi connectivity index (χ2n) is 7.21. The van der Waals surface area contributed by atoms with Gasteiger partial charge in [0, 0.05) is 11.1 Å². The van der Waals surface area contributed by atoms with E-state index < -0.39 is 12.1 Å². The van der Waals surface area contributed by atoms with E-state index in [4.69, 9.17) is 11.6 Å². The number of nitrogens with one attached hydrogen (secondary N) is 2. The van der Waals surface area contributed by atoms with E-state index >= 15 is 0 Å². The molecule has 0 unspecified atom stereocenters. The van der Waals surface area contributed by atoms with Crippen molar-refractivity contribution in [3.63, 3.8) is 0 Å². The summed E-state index contributed by atoms with van der Waals surface area (Å²) in [7, 11) is 0. The summed E-state index contributed by atoms with van der Waals surface area (Å²) in [6.07, 6.45) is 1.79. The van der Waals surface area contributed by atoms with Gasteiger partial charge < -0.3 is 5.32 Å². The van der Waals surface area contributed by atoms with Crippen molar-refractivity contribution >= 4 is 29.6 Å². The smallest absolute Gasteiger partial charge is 0.304 e. The second-order valence-corrected chi connectivity index (χ2v) is 7.62. The van der Waals surface area contributed by atoms with Gasteiger partial charge in [-0.3, -0.25) is 9.59 Å². The Balaban J connectivity index is 1.71. The number of hydrazine groups is 1. The van der Waals surface area contributed by atoms with Gasteiger partial charge in [0.2, 0.25) is 12.3 Å². The fourth-order valence-corrected chi connectivity index (χ4v) is 3.76. The van der Waals surface area contributed by atoms with E-state index in [1.807, 2.05) is 67.6 Å². The number of carbonyl (C=O) groups is 2. The van der Waals surface area contributed by atoms with Crippen LogP contribution in [0.15, 0.2) is 78.9 Å². The first-order chi connectivity index (χ1) is 14.5. The molecule has 5 nitrogen and oxygen atoms in total. The third kappa shape index (κ3) is 4.11. The Morgan fingerprint density at radius 2 is 1.77 bits per heavy atom. The van der Waals surface area contributed by atoms with E-state index in [2.05, 4.69) is 10.7 Å². The van der Waals surface area contributed by atoms with Gasteiger partial charge in [-0.25, -0.2) is 0 Å². The van der Waals surface area contributed by atoms with Gasteiger partial charge in [-0.1, -0.05) is 71.8 Å². The molecular formula is C24H21ClN3O2+. The third-order valence-corrected chi connectivity index (χ3v) is 5.37. The molecule has 2 atom stereocenters. The van der Waals surface area contributed by atoms with Crippen molar-refractivity contribution in [2.24, 2.45) is 0 Å². The number of carbonyl (C=O) groups excluding carboxylic acids is 2. The van der Waals surface area contributed by atoms with Crippen molar-refractivity contribution < 1.29 is 14.3 Å². The van der Waals surface area contributed by atoms with Crippen LogP contribution in [0.25, 0.3) is 0 Å². The first kappa shape index (κ1) is 19.9. The average Bonchev–Trinajstić information content (AvgIpc) is 3.05. The minimum atomic E-state index is -0.765. The molecular weight excluding hydrogens is 398 g/mol. The Hall–Kier alpha value is -3.44. The molecule has 1 aliphatic heterocycles. The number of hydrogen-bond donors (Lipinski definition) is 2. The van der Waals surface area contributed by atoms with Gasteiger partial charge in [-0.05, 0) is 31.2 Å². The molecule has 1 heterocycles. The molecule has 3 aromatic rings. The summed E-state index contributed by atoms with van der Waals surface area (Å²) in [5, 5.41) is 3.48. The zero-order valence-corrected chi connectivity index (χ0v) is 17.1. The predicted octanol–water partition coefficient (Wildman–Crippen LogP) is 3.66. The van der Waals surface area contributed by atoms with Crippen molar-refractivity contribution in [1.82, 2.24) is 10.7 Å². The van der Waals surface area contributed by atoms with Gasteiger partial charge in [-0.15, -0.1) is 10.1 Å². The summed E-state index contributed by atoms with van der Waals surface area (Å²) in [6.45, 7) is 1.92. The van der Waals surface area contributed by atoms with Crippen LogP contribution in [-0.4, -0.2) is 28.8 Å². The molecule has 1 fully saturated rings. The molecule has 3 aromatic carbocycles. The lowest BCUT2D eigenvalue weighted by Gasteiger charge is -2.15. The molecule has 1 aliphatic rings. The van der Waals surface area contributed by atoms with E-state index in [9.17, 15) is 9.59 Å². The molecule has 1 saturated heterocycles. The van der Waals surface area contributed by atoms with Crippen LogP contribution in [0, 0.1) is 6.92 Å². The molecule has 0 bridgehead atoms. The third-order valence-electron chi connectivity index (χ3n) is 5.03. The molecule has 2 amide bonds. The number of halogens is 1. The summed E-state index contributed by atoms with van der Waals surface area (Å²) >= 11 is 6.31. The number of hydrogen-bond acceptors (Lipinski definition) is 2. The highest BCUT2D eigenvalue weighted by Gasteiger charge is 2.47. The van der Waals surface area contributed by atoms with Gasteiger partial charge >= 0.3 is 5.91 Å². The largest absolute Gasteiger partial charge is 0.334 e. The zero-order chi connectivity index (χ0) is 21.1. The topological polar surface area (TPSA) is 61.2 Å². The first-order valence-electron chi connectivity index (χ1n) is 9.63. The summed E-state index contributed by atoms with van der Waals surface area (Å²) in [4.78, 5) is 25.7. The number of amides is 2. The highest BCUT2D eigenvalue weighted by atomic mass is 35.5. The molecule has 0 aliphatic carbocycles. The van der Waals surface area contributed by atoms with Crippen LogP contribution in [0.3, 0.4) is 0 Å². The van der Waals surface area contributed by atoms with Crippen LogP contribution >= 0.6 is 11.6 Å². The lowest BCUT2D eigenvalue weighted by atomic mass is 9.99. The zero-order valence-electron chi connectivity index (χ0n) is 16.4. The molecule has 2 N–H and O–H groups in total. The molecule has 6 heteroatoms. The maximum atomic E-state index is 12.9. The summed E-state index contributed by atoms with van der Waals surface area (Å²) in [5.74, 6) is -0.576. The molecule has 4 rings (SSSR count). The van der Waals surface area contributed by atoms with Crippen molar-refractivity contribution in [3.05, 3.63) is 106 Å². The van der Waals surface area contributed by atoms with E-state index in [0.717, 1.165) is 16.7 Å². The first-order valence-corrected chi connectivity index (χ1v) is 10.0. The average molecular weight is 419 g/mol. The van der Waals surface area contributed by atoms with Crippen molar-refractivity contribution in [3.8, 4) is 0 Å². The standard InChI is InChI=1S/C24H20ClN3O2/c1-16-8-7-12-18(14-16)23(29)26-21-22(17-9-3-2-4-10-17)28(27-24(21)30)15-19-11-5-6-13-20(19)25/h2-15,21-22H,1H3,(H-,26,27,29,30)/p+1/b28-15-/t21-,22+/m0/s1. The number of aryl methyl sites for hydroxylation is 1. The molecule has 30 heavy (non-hydrogen) atoms. The van der Waals surface area contributed by atoms with Gasteiger partial charge in [0.15, 0.2) is 6.04 Å². The number of rotatable bonds is 4. The van der Waals surface area contributed by atoms with Crippen LogP contribution in [0.5, 0.6) is 0 Å². The van der Waals surface area contributed by atoms with E-state index in [-0.39, 0.29) is 11.8 Å². The molecule has 0 radical (unpaired) electrons. The fourth-order valence-electron chi connectivity index (χ4n) is 3.57. The minimum Gasteiger partial charge on any atom is -0.334 e. The van der Waals surface area contributed by atoms with Gasteiger partial charge in [0.25, 0.3) is 5.91 Å². The highest BCUT2D eigenvalue weighted by molar-refractivity contribution is 6.32. The van der Waals surface area contributed by atoms with E-state index in [1.165, 1.54) is 0 Å². The summed E-state index contributed by atoms with van der Waals surface area (Å²) in [6, 6.07) is 23.1. The Bertz CT molecular complexity index is 1130. The van der Waals surface area contributed by atoms with Crippen molar-refractivity contribution in [2.75, 3.05) is 0 Å². The maximum Gasteiger partial charge on any atom is 0.304 e. The van der Waals surface area contributed by atoms with Crippen molar-refractivity contribution in [2.45, 2.75) is 19.0 Å². The SMILES string of the molecule is Cc1cccc(C(=O)N[C@@H]2C(=O)N/[N+](=C\c3ccccc3Cl)[C@@H]2c2ccccc2)c1. The molecule has 0 aromatic heterocycles. The minimum absolute atomic E-state index is 0.284. The predicted molar refractivity (Wildman–Crippen MR) is 117 cm³/mol. The van der Waals surface area contributed by atoms with E-state index in [1.54, 1.807) is 29.1 Å². The van der Waals surface area contributed by atoms with Crippen LogP contribution in [0.1, 0.15) is 33.1 Å². The Morgan fingerprint density at radius 3 is 2.50 bits per heavy atom. The van der Waals surface area contributed by atoms with Gasteiger partial charge in [0.1, 0.15) is 0 Å². The maximum absolute atomic E-state index is 12.9. The molecule has 150 valence electrons. The number of hydrazone groups is 1. The Kier molecular flexibility index (Phi) is 5.63. The van der Waals surface area contributed by atoms with Crippen LogP contribution in [0.2, 0.25) is 5.02 Å². The lowest BCUT2D eigenvalue weighted by Crippen LogP contribution is -2.42. The normalized spacial score (nSPS) is 19.5. The van der Waals surface area contributed by atoms with Crippen LogP contribution < -0.4 is 10.7 Å². The Morgan fingerprint density at radius 1 is 1.03 bits per heavy atom. The number of benzene rings is 3. The summed E-state index contributed by atoms with van der Waals surface area (Å²) < 4.78 is 1.71. The highest BCUT2D eigenvalue weighted by Crippen LogP contribution is 2.26. The second kappa shape index (κ2) is 8.51. The van der Waals surface area contributed by atoms with Crippen LogP contribution in [0.4, 0.5) is 0 Å². The monoisotopic (exact) mass is 418 g/mol. The molecule has 0 saturated carbocycles. The van der Waals surface area contributed by atoms with Gasteiger partial charge in [-0.2, -0.15) is 0 Å². The van der Waals surface area contributed by atoms with Crippen LogP contribution in [-0.2, 0) is 4.79 Å². The number of nitrogens with zero attached hydrogens (tertiary/aromatic N) is 1. The van der Waals surface area contributed by atoms with E-state index in [0.29, 0.717) is 10.6 Å².